The number of rotatable bonds is 4. The smallest absolute Gasteiger partial charge is 0.344 e. The van der Waals surface area contributed by atoms with Crippen LogP contribution in [-0.2, 0) is 4.79 Å². The molecule has 1 aromatic carbocycles. The molecule has 0 fully saturated rings. The second kappa shape index (κ2) is 5.88. The first kappa shape index (κ1) is 15.9. The predicted molar refractivity (Wildman–Crippen MR) is 87.4 cm³/mol. The lowest BCUT2D eigenvalue weighted by atomic mass is 10.1. The highest BCUT2D eigenvalue weighted by Gasteiger charge is 2.24. The van der Waals surface area contributed by atoms with E-state index in [1.165, 1.54) is 13.2 Å². The van der Waals surface area contributed by atoms with Gasteiger partial charge in [0.1, 0.15) is 5.58 Å². The molecule has 24 heavy (non-hydrogen) atoms. The minimum atomic E-state index is -1.20. The number of benzene rings is 1. The van der Waals surface area contributed by atoms with Gasteiger partial charge in [0.25, 0.3) is 0 Å². The normalized spacial score (nSPS) is 12.3. The van der Waals surface area contributed by atoms with Gasteiger partial charge in [0.05, 0.1) is 11.6 Å². The molecule has 6 heteroatoms. The van der Waals surface area contributed by atoms with Crippen molar-refractivity contribution in [2.24, 2.45) is 0 Å². The molecule has 1 unspecified atom stereocenters. The zero-order valence-electron chi connectivity index (χ0n) is 13.5. The Balaban J connectivity index is 2.31. The monoisotopic (exact) mass is 328 g/mol. The van der Waals surface area contributed by atoms with Crippen molar-refractivity contribution in [1.82, 2.24) is 0 Å². The first-order valence-electron chi connectivity index (χ1n) is 7.40. The summed E-state index contributed by atoms with van der Waals surface area (Å²) in [6, 6.07) is 6.73. The van der Waals surface area contributed by atoms with Crippen molar-refractivity contribution >= 4 is 16.9 Å². The van der Waals surface area contributed by atoms with Gasteiger partial charge in [-0.25, -0.2) is 4.79 Å². The van der Waals surface area contributed by atoms with Crippen LogP contribution < -0.4 is 10.2 Å². The minimum absolute atomic E-state index is 0.0776. The molecule has 1 N–H and O–H groups in total. The number of carbonyl (C=O) groups is 1. The molecule has 0 aliphatic carbocycles. The molecule has 0 saturated carbocycles. The molecule has 6 nitrogen and oxygen atoms in total. The Morgan fingerprint density at radius 3 is 2.58 bits per heavy atom. The quantitative estimate of drug-likeness (QED) is 0.788. The van der Waals surface area contributed by atoms with Crippen molar-refractivity contribution in [2.75, 3.05) is 0 Å². The number of aliphatic carboxylic acids is 1. The lowest BCUT2D eigenvalue weighted by molar-refractivity contribution is -0.144. The zero-order chi connectivity index (χ0) is 17.4. The van der Waals surface area contributed by atoms with Crippen LogP contribution in [0.1, 0.15) is 18.1 Å². The second-order valence-electron chi connectivity index (χ2n) is 5.60. The molecule has 3 rings (SSSR count). The Labute approximate surface area is 137 Å². The van der Waals surface area contributed by atoms with Gasteiger partial charge in [-0.15, -0.1) is 0 Å². The molecule has 0 aliphatic heterocycles. The Bertz CT molecular complexity index is 965. The first-order valence-corrected chi connectivity index (χ1v) is 7.40. The molecule has 0 saturated heterocycles. The van der Waals surface area contributed by atoms with Crippen molar-refractivity contribution in [3.05, 3.63) is 51.9 Å². The molecular weight excluding hydrogens is 312 g/mol. The van der Waals surface area contributed by atoms with Crippen LogP contribution in [0.2, 0.25) is 0 Å². The Kier molecular flexibility index (Phi) is 3.89. The summed E-state index contributed by atoms with van der Waals surface area (Å²) < 4.78 is 16.5. The lowest BCUT2D eigenvalue weighted by Crippen LogP contribution is -2.26. The summed E-state index contributed by atoms with van der Waals surface area (Å²) in [6.07, 6.45) is 0.232. The third kappa shape index (κ3) is 2.67. The fourth-order valence-electron chi connectivity index (χ4n) is 2.34. The number of carboxylic acids is 1. The molecule has 0 radical (unpaired) electrons. The summed E-state index contributed by atoms with van der Waals surface area (Å²) in [7, 11) is 0. The fraction of sp³-hybridized carbons (Fsp3) is 0.222. The average molecular weight is 328 g/mol. The van der Waals surface area contributed by atoms with Crippen LogP contribution in [0.3, 0.4) is 0 Å². The molecule has 1 atom stereocenters. The highest BCUT2D eigenvalue weighted by molar-refractivity contribution is 5.83. The highest BCUT2D eigenvalue weighted by Crippen LogP contribution is 2.32. The molecule has 0 amide bonds. The van der Waals surface area contributed by atoms with Crippen LogP contribution in [0.15, 0.2) is 44.2 Å². The van der Waals surface area contributed by atoms with E-state index in [1.807, 2.05) is 13.8 Å². The molecule has 2 heterocycles. The number of carboxylic acid groups (broad SMARTS) is 1. The lowest BCUT2D eigenvalue weighted by Gasteiger charge is -2.13. The summed E-state index contributed by atoms with van der Waals surface area (Å²) >= 11 is 0. The third-order valence-corrected chi connectivity index (χ3v) is 3.85. The highest BCUT2D eigenvalue weighted by atomic mass is 16.5. The van der Waals surface area contributed by atoms with Gasteiger partial charge in [-0.2, -0.15) is 0 Å². The second-order valence-corrected chi connectivity index (χ2v) is 5.60. The summed E-state index contributed by atoms with van der Waals surface area (Å²) in [5.41, 5.74) is 1.87. The van der Waals surface area contributed by atoms with E-state index in [1.54, 1.807) is 24.3 Å². The van der Waals surface area contributed by atoms with Crippen LogP contribution in [0.4, 0.5) is 0 Å². The molecule has 0 spiro atoms. The fourth-order valence-corrected chi connectivity index (χ4v) is 2.34. The van der Waals surface area contributed by atoms with Gasteiger partial charge in [0, 0.05) is 0 Å². The predicted octanol–water partition coefficient (Wildman–Crippen LogP) is 3.52. The maximum atomic E-state index is 12.8. The number of aryl methyl sites for hydroxylation is 2. The van der Waals surface area contributed by atoms with E-state index in [-0.39, 0.29) is 11.5 Å². The van der Waals surface area contributed by atoms with Gasteiger partial charge in [-0.3, -0.25) is 4.79 Å². The number of fused-ring (bicyclic) bond motifs is 1. The Morgan fingerprint density at radius 2 is 1.96 bits per heavy atom. The van der Waals surface area contributed by atoms with E-state index in [0.29, 0.717) is 16.7 Å². The topological polar surface area (TPSA) is 89.9 Å². The molecule has 0 bridgehead atoms. The van der Waals surface area contributed by atoms with E-state index < -0.39 is 17.5 Å². The molecule has 0 aliphatic rings. The largest absolute Gasteiger partial charge is 0.479 e. The SMILES string of the molecule is Cc1cc2oc(-c3ccco3)c(OC(C)C(=O)O)c(=O)c2cc1C. The summed E-state index contributed by atoms with van der Waals surface area (Å²) in [5, 5.41) is 9.40. The number of hydrogen-bond donors (Lipinski definition) is 1. The summed E-state index contributed by atoms with van der Waals surface area (Å²) in [5.74, 6) is -0.982. The maximum absolute atomic E-state index is 12.8. The maximum Gasteiger partial charge on any atom is 0.344 e. The van der Waals surface area contributed by atoms with E-state index in [2.05, 4.69) is 0 Å². The molecule has 2 aromatic heterocycles. The summed E-state index contributed by atoms with van der Waals surface area (Å²) in [6.45, 7) is 5.14. The Morgan fingerprint density at radius 1 is 1.25 bits per heavy atom. The van der Waals surface area contributed by atoms with Crippen molar-refractivity contribution < 1.29 is 23.5 Å². The van der Waals surface area contributed by atoms with Crippen molar-refractivity contribution in [2.45, 2.75) is 26.9 Å². The standard InChI is InChI=1S/C18H16O6/c1-9-7-12-14(8-10(9)2)24-16(13-5-4-6-22-13)17(15(12)19)23-11(3)18(20)21/h4-8,11H,1-3H3,(H,20,21). The number of hydrogen-bond acceptors (Lipinski definition) is 5. The van der Waals surface area contributed by atoms with Gasteiger partial charge in [0.2, 0.25) is 16.9 Å². The van der Waals surface area contributed by atoms with E-state index in [0.717, 1.165) is 11.1 Å². The van der Waals surface area contributed by atoms with Crippen molar-refractivity contribution in [1.29, 1.82) is 0 Å². The number of ether oxygens (including phenoxy) is 1. The van der Waals surface area contributed by atoms with E-state index in [9.17, 15) is 9.59 Å². The van der Waals surface area contributed by atoms with Gasteiger partial charge < -0.3 is 18.7 Å². The Hall–Kier alpha value is -3.02. The van der Waals surface area contributed by atoms with E-state index in [4.69, 9.17) is 18.7 Å². The number of furan rings is 1. The van der Waals surface area contributed by atoms with Crippen LogP contribution in [-0.4, -0.2) is 17.2 Å². The van der Waals surface area contributed by atoms with Crippen LogP contribution >= 0.6 is 0 Å². The van der Waals surface area contributed by atoms with Gasteiger partial charge >= 0.3 is 5.97 Å². The first-order chi connectivity index (χ1) is 11.4. The van der Waals surface area contributed by atoms with E-state index >= 15 is 0 Å². The van der Waals surface area contributed by atoms with Gasteiger partial charge in [-0.1, -0.05) is 0 Å². The van der Waals surface area contributed by atoms with Crippen LogP contribution in [0.5, 0.6) is 5.75 Å². The zero-order valence-corrected chi connectivity index (χ0v) is 13.5. The minimum Gasteiger partial charge on any atom is -0.479 e. The molecule has 3 aromatic rings. The van der Waals surface area contributed by atoms with Gasteiger partial charge in [0.15, 0.2) is 11.9 Å². The van der Waals surface area contributed by atoms with Gasteiger partial charge in [-0.05, 0) is 56.2 Å². The summed E-state index contributed by atoms with van der Waals surface area (Å²) in [4.78, 5) is 23.9. The molecular formula is C18H16O6. The van der Waals surface area contributed by atoms with Crippen molar-refractivity contribution in [3.63, 3.8) is 0 Å². The van der Waals surface area contributed by atoms with Crippen LogP contribution in [0, 0.1) is 13.8 Å². The van der Waals surface area contributed by atoms with Crippen LogP contribution in [0.25, 0.3) is 22.5 Å². The van der Waals surface area contributed by atoms with Crippen molar-refractivity contribution in [3.8, 4) is 17.3 Å². The third-order valence-electron chi connectivity index (χ3n) is 3.85. The average Bonchev–Trinajstić information content (AvgIpc) is 3.06. The molecule has 124 valence electrons.